The molecule has 1 amide bonds. The molecule has 1 aromatic heterocycles. The maximum atomic E-state index is 12.7. The lowest BCUT2D eigenvalue weighted by molar-refractivity contribution is 0.0930. The SMILES string of the molecule is CC[C@H](NC(=O)c1cc2ccccc2c(=O)[nH]1)c1ccccc1OC. The van der Waals surface area contributed by atoms with E-state index in [9.17, 15) is 9.59 Å². The van der Waals surface area contributed by atoms with Gasteiger partial charge in [-0.15, -0.1) is 0 Å². The smallest absolute Gasteiger partial charge is 0.268 e. The van der Waals surface area contributed by atoms with Crippen molar-refractivity contribution in [1.82, 2.24) is 10.3 Å². The van der Waals surface area contributed by atoms with Crippen molar-refractivity contribution in [3.63, 3.8) is 0 Å². The Morgan fingerprint density at radius 2 is 1.88 bits per heavy atom. The van der Waals surface area contributed by atoms with Crippen molar-refractivity contribution in [2.75, 3.05) is 7.11 Å². The van der Waals surface area contributed by atoms with Crippen LogP contribution >= 0.6 is 0 Å². The molecule has 1 atom stereocenters. The Morgan fingerprint density at radius 3 is 2.64 bits per heavy atom. The highest BCUT2D eigenvalue weighted by Crippen LogP contribution is 2.27. The highest BCUT2D eigenvalue weighted by Gasteiger charge is 2.18. The highest BCUT2D eigenvalue weighted by atomic mass is 16.5. The molecule has 3 rings (SSSR count). The number of fused-ring (bicyclic) bond motifs is 1. The van der Waals surface area contributed by atoms with Gasteiger partial charge in [0.1, 0.15) is 11.4 Å². The zero-order valence-electron chi connectivity index (χ0n) is 14.2. The number of para-hydroxylation sites is 1. The van der Waals surface area contributed by atoms with Gasteiger partial charge in [0.2, 0.25) is 0 Å². The average Bonchev–Trinajstić information content (AvgIpc) is 2.66. The van der Waals surface area contributed by atoms with Gasteiger partial charge >= 0.3 is 0 Å². The number of carbonyl (C=O) groups is 1. The fourth-order valence-electron chi connectivity index (χ4n) is 2.92. The van der Waals surface area contributed by atoms with E-state index in [-0.39, 0.29) is 23.2 Å². The number of hydrogen-bond donors (Lipinski definition) is 2. The topological polar surface area (TPSA) is 71.2 Å². The van der Waals surface area contributed by atoms with E-state index in [2.05, 4.69) is 10.3 Å². The summed E-state index contributed by atoms with van der Waals surface area (Å²) in [6.45, 7) is 1.99. The zero-order chi connectivity index (χ0) is 17.8. The number of ether oxygens (including phenoxy) is 1. The van der Waals surface area contributed by atoms with Crippen LogP contribution in [0, 0.1) is 0 Å². The summed E-state index contributed by atoms with van der Waals surface area (Å²) in [5.74, 6) is 0.405. The van der Waals surface area contributed by atoms with Gasteiger partial charge in [0.05, 0.1) is 13.2 Å². The Labute approximate surface area is 145 Å². The molecule has 0 aliphatic carbocycles. The highest BCUT2D eigenvalue weighted by molar-refractivity contribution is 5.96. The molecule has 25 heavy (non-hydrogen) atoms. The lowest BCUT2D eigenvalue weighted by atomic mass is 10.0. The maximum Gasteiger partial charge on any atom is 0.268 e. The third-order valence-corrected chi connectivity index (χ3v) is 4.23. The summed E-state index contributed by atoms with van der Waals surface area (Å²) >= 11 is 0. The van der Waals surface area contributed by atoms with Gasteiger partial charge in [0, 0.05) is 10.9 Å². The monoisotopic (exact) mass is 336 g/mol. The molecule has 0 fully saturated rings. The fraction of sp³-hybridized carbons (Fsp3) is 0.200. The summed E-state index contributed by atoms with van der Waals surface area (Å²) in [4.78, 5) is 27.5. The zero-order valence-corrected chi connectivity index (χ0v) is 14.2. The van der Waals surface area contributed by atoms with E-state index < -0.39 is 0 Å². The van der Waals surface area contributed by atoms with Crippen molar-refractivity contribution in [3.05, 3.63) is 76.2 Å². The van der Waals surface area contributed by atoms with Crippen LogP contribution in [0.2, 0.25) is 0 Å². The number of hydrogen-bond acceptors (Lipinski definition) is 3. The first-order valence-corrected chi connectivity index (χ1v) is 8.20. The number of H-pyrrole nitrogens is 1. The first-order chi connectivity index (χ1) is 12.1. The Morgan fingerprint density at radius 1 is 1.16 bits per heavy atom. The lowest BCUT2D eigenvalue weighted by Gasteiger charge is -2.20. The van der Waals surface area contributed by atoms with Gasteiger partial charge in [-0.1, -0.05) is 43.3 Å². The van der Waals surface area contributed by atoms with E-state index in [0.29, 0.717) is 11.8 Å². The van der Waals surface area contributed by atoms with E-state index in [0.717, 1.165) is 16.7 Å². The van der Waals surface area contributed by atoms with Crippen molar-refractivity contribution in [3.8, 4) is 5.75 Å². The van der Waals surface area contributed by atoms with Crippen molar-refractivity contribution >= 4 is 16.7 Å². The second kappa shape index (κ2) is 7.21. The minimum Gasteiger partial charge on any atom is -0.496 e. The molecule has 5 heteroatoms. The second-order valence-corrected chi connectivity index (χ2v) is 5.78. The van der Waals surface area contributed by atoms with Gasteiger partial charge in [-0.2, -0.15) is 0 Å². The van der Waals surface area contributed by atoms with Crippen LogP contribution in [0.4, 0.5) is 0 Å². The van der Waals surface area contributed by atoms with Crippen molar-refractivity contribution in [2.45, 2.75) is 19.4 Å². The van der Waals surface area contributed by atoms with Crippen LogP contribution in [0.15, 0.2) is 59.4 Å². The van der Waals surface area contributed by atoms with E-state index in [1.54, 1.807) is 25.3 Å². The number of amides is 1. The summed E-state index contributed by atoms with van der Waals surface area (Å²) in [6.07, 6.45) is 0.698. The van der Waals surface area contributed by atoms with Gasteiger partial charge < -0.3 is 15.0 Å². The summed E-state index contributed by atoms with van der Waals surface area (Å²) in [6, 6.07) is 16.3. The molecule has 0 saturated carbocycles. The number of aromatic nitrogens is 1. The molecule has 0 spiro atoms. The predicted octanol–water partition coefficient (Wildman–Crippen LogP) is 3.42. The molecular formula is C20H20N2O3. The molecule has 2 N–H and O–H groups in total. The molecule has 128 valence electrons. The molecule has 0 saturated heterocycles. The molecule has 0 aliphatic heterocycles. The standard InChI is InChI=1S/C20H20N2O3/c1-3-16(15-10-6-7-11-18(15)25-2)21-20(24)17-12-13-8-4-5-9-14(13)19(23)22-17/h4-12,16H,3H2,1-2H3,(H,21,24)(H,22,23)/t16-/m0/s1. The molecule has 0 bridgehead atoms. The van der Waals surface area contributed by atoms with Gasteiger partial charge in [-0.05, 0) is 30.0 Å². The van der Waals surface area contributed by atoms with Crippen LogP contribution in [0.3, 0.4) is 0 Å². The van der Waals surface area contributed by atoms with Crippen molar-refractivity contribution < 1.29 is 9.53 Å². The fourth-order valence-corrected chi connectivity index (χ4v) is 2.92. The number of nitrogens with one attached hydrogen (secondary N) is 2. The van der Waals surface area contributed by atoms with E-state index >= 15 is 0 Å². The molecular weight excluding hydrogens is 316 g/mol. The maximum absolute atomic E-state index is 12.7. The number of aromatic amines is 1. The van der Waals surface area contributed by atoms with Gasteiger partial charge in [0.15, 0.2) is 0 Å². The number of benzene rings is 2. The molecule has 2 aromatic carbocycles. The molecule has 0 aliphatic rings. The Kier molecular flexibility index (Phi) is 4.84. The van der Waals surface area contributed by atoms with Crippen LogP contribution in [-0.4, -0.2) is 18.0 Å². The third-order valence-electron chi connectivity index (χ3n) is 4.23. The van der Waals surface area contributed by atoms with Gasteiger partial charge in [-0.3, -0.25) is 9.59 Å². The first-order valence-electron chi connectivity index (χ1n) is 8.20. The van der Waals surface area contributed by atoms with E-state index in [4.69, 9.17) is 4.74 Å². The predicted molar refractivity (Wildman–Crippen MR) is 98.1 cm³/mol. The molecule has 5 nitrogen and oxygen atoms in total. The van der Waals surface area contributed by atoms with Crippen LogP contribution in [0.1, 0.15) is 35.4 Å². The van der Waals surface area contributed by atoms with E-state index in [1.807, 2.05) is 43.3 Å². The quantitative estimate of drug-likeness (QED) is 0.750. The molecule has 0 radical (unpaired) electrons. The summed E-state index contributed by atoms with van der Waals surface area (Å²) in [5, 5.41) is 4.28. The van der Waals surface area contributed by atoms with Crippen LogP contribution in [-0.2, 0) is 0 Å². The number of pyridine rings is 1. The summed E-state index contributed by atoms with van der Waals surface area (Å²) in [7, 11) is 1.61. The Bertz CT molecular complexity index is 962. The average molecular weight is 336 g/mol. The van der Waals surface area contributed by atoms with Crippen molar-refractivity contribution in [2.24, 2.45) is 0 Å². The minimum atomic E-state index is -0.319. The van der Waals surface area contributed by atoms with E-state index in [1.165, 1.54) is 0 Å². The number of rotatable bonds is 5. The summed E-state index contributed by atoms with van der Waals surface area (Å²) < 4.78 is 5.38. The number of carbonyl (C=O) groups excluding carboxylic acids is 1. The van der Waals surface area contributed by atoms with Crippen molar-refractivity contribution in [1.29, 1.82) is 0 Å². The van der Waals surface area contributed by atoms with Gasteiger partial charge in [0.25, 0.3) is 11.5 Å². The van der Waals surface area contributed by atoms with Crippen LogP contribution in [0.5, 0.6) is 5.75 Å². The lowest BCUT2D eigenvalue weighted by Crippen LogP contribution is -2.30. The second-order valence-electron chi connectivity index (χ2n) is 5.78. The molecule has 0 unspecified atom stereocenters. The Balaban J connectivity index is 1.91. The molecule has 1 heterocycles. The Hall–Kier alpha value is -3.08. The van der Waals surface area contributed by atoms with Crippen LogP contribution in [0.25, 0.3) is 10.8 Å². The largest absolute Gasteiger partial charge is 0.496 e. The first kappa shape index (κ1) is 16.8. The van der Waals surface area contributed by atoms with Gasteiger partial charge in [-0.25, -0.2) is 0 Å². The van der Waals surface area contributed by atoms with Crippen LogP contribution < -0.4 is 15.6 Å². The normalized spacial score (nSPS) is 11.9. The number of methoxy groups -OCH3 is 1. The minimum absolute atomic E-state index is 0.210. The molecule has 3 aromatic rings. The third kappa shape index (κ3) is 3.40. The summed E-state index contributed by atoms with van der Waals surface area (Å²) in [5.41, 5.74) is 0.884.